The highest BCUT2D eigenvalue weighted by Crippen LogP contribution is 2.27. The molecule has 0 bridgehead atoms. The molecule has 0 amide bonds. The first kappa shape index (κ1) is 14.3. The van der Waals surface area contributed by atoms with Gasteiger partial charge in [-0.15, -0.1) is 0 Å². The highest BCUT2D eigenvalue weighted by Gasteiger charge is 2.29. The third-order valence-electron chi connectivity index (χ3n) is 3.45. The minimum Gasteiger partial charge on any atom is -0.489 e. The van der Waals surface area contributed by atoms with Gasteiger partial charge in [-0.05, 0) is 31.4 Å². The number of sulfone groups is 1. The van der Waals surface area contributed by atoms with Gasteiger partial charge in [0, 0.05) is 12.7 Å². The maximum absolute atomic E-state index is 11.6. The Morgan fingerprint density at radius 2 is 2.21 bits per heavy atom. The van der Waals surface area contributed by atoms with E-state index in [1.54, 1.807) is 18.3 Å². The Morgan fingerprint density at radius 3 is 2.79 bits per heavy atom. The van der Waals surface area contributed by atoms with Crippen molar-refractivity contribution >= 4 is 9.84 Å². The second-order valence-corrected chi connectivity index (χ2v) is 7.33. The van der Waals surface area contributed by atoms with Gasteiger partial charge < -0.3 is 9.84 Å². The molecule has 0 saturated heterocycles. The van der Waals surface area contributed by atoms with Gasteiger partial charge in [0.15, 0.2) is 0 Å². The van der Waals surface area contributed by atoms with E-state index in [-0.39, 0.29) is 18.0 Å². The van der Waals surface area contributed by atoms with Crippen LogP contribution in [0.1, 0.15) is 31.4 Å². The molecule has 2 rings (SSSR count). The van der Waals surface area contributed by atoms with Gasteiger partial charge in [0.25, 0.3) is 0 Å². The van der Waals surface area contributed by atoms with Crippen molar-refractivity contribution in [3.05, 3.63) is 24.0 Å². The first-order valence-corrected chi connectivity index (χ1v) is 8.36. The van der Waals surface area contributed by atoms with Crippen LogP contribution in [-0.2, 0) is 16.4 Å². The molecule has 1 aromatic rings. The SMILES string of the molecule is CS(=O)(=O)C1CCCC(Oc2ccc(CO)nc2)C1. The van der Waals surface area contributed by atoms with Crippen LogP contribution in [0.2, 0.25) is 0 Å². The Kier molecular flexibility index (Phi) is 4.42. The molecule has 1 aliphatic rings. The predicted octanol–water partition coefficient (Wildman–Crippen LogP) is 1.31. The molecular formula is C13H19NO4S. The standard InChI is InChI=1S/C13H19NO4S/c1-19(16,17)13-4-2-3-11(7-13)18-12-6-5-10(9-15)14-8-12/h5-6,8,11,13,15H,2-4,7,9H2,1H3. The second kappa shape index (κ2) is 5.88. The molecule has 2 unspecified atom stereocenters. The summed E-state index contributed by atoms with van der Waals surface area (Å²) in [6, 6.07) is 3.45. The Bertz CT molecular complexity index is 512. The summed E-state index contributed by atoms with van der Waals surface area (Å²) in [7, 11) is -2.99. The average molecular weight is 285 g/mol. The molecule has 5 nitrogen and oxygen atoms in total. The van der Waals surface area contributed by atoms with E-state index in [2.05, 4.69) is 4.98 Å². The van der Waals surface area contributed by atoms with Gasteiger partial charge in [0.2, 0.25) is 0 Å². The summed E-state index contributed by atoms with van der Waals surface area (Å²) in [6.07, 6.45) is 5.78. The van der Waals surface area contributed by atoms with Crippen molar-refractivity contribution in [1.29, 1.82) is 0 Å². The van der Waals surface area contributed by atoms with E-state index in [4.69, 9.17) is 9.84 Å². The lowest BCUT2D eigenvalue weighted by Crippen LogP contribution is -2.33. The molecular weight excluding hydrogens is 266 g/mol. The molecule has 2 atom stereocenters. The first-order chi connectivity index (χ1) is 8.99. The second-order valence-electron chi connectivity index (χ2n) is 5.00. The molecule has 19 heavy (non-hydrogen) atoms. The Balaban J connectivity index is 1.98. The molecule has 0 radical (unpaired) electrons. The number of pyridine rings is 1. The Labute approximate surface area is 113 Å². The quantitative estimate of drug-likeness (QED) is 0.902. The lowest BCUT2D eigenvalue weighted by molar-refractivity contribution is 0.155. The number of aliphatic hydroxyl groups excluding tert-OH is 1. The Hall–Kier alpha value is -1.14. The zero-order valence-corrected chi connectivity index (χ0v) is 11.8. The molecule has 1 aromatic heterocycles. The Morgan fingerprint density at radius 1 is 1.42 bits per heavy atom. The van der Waals surface area contributed by atoms with E-state index in [0.29, 0.717) is 17.9 Å². The monoisotopic (exact) mass is 285 g/mol. The molecule has 1 N–H and O–H groups in total. The third-order valence-corrected chi connectivity index (χ3v) is 5.08. The van der Waals surface area contributed by atoms with E-state index in [1.807, 2.05) is 0 Å². The molecule has 1 fully saturated rings. The van der Waals surface area contributed by atoms with Crippen LogP contribution in [0.3, 0.4) is 0 Å². The number of rotatable bonds is 4. The van der Waals surface area contributed by atoms with E-state index >= 15 is 0 Å². The predicted molar refractivity (Wildman–Crippen MR) is 71.7 cm³/mol. The van der Waals surface area contributed by atoms with Gasteiger partial charge in [0.05, 0.1) is 23.7 Å². The van der Waals surface area contributed by atoms with Gasteiger partial charge in [0.1, 0.15) is 21.7 Å². The number of ether oxygens (including phenoxy) is 1. The van der Waals surface area contributed by atoms with E-state index in [9.17, 15) is 8.42 Å². The molecule has 6 heteroatoms. The smallest absolute Gasteiger partial charge is 0.150 e. The fraction of sp³-hybridized carbons (Fsp3) is 0.615. The maximum atomic E-state index is 11.6. The van der Waals surface area contributed by atoms with Crippen molar-refractivity contribution in [3.63, 3.8) is 0 Å². The molecule has 1 saturated carbocycles. The molecule has 0 aliphatic heterocycles. The molecule has 1 aliphatic carbocycles. The van der Waals surface area contributed by atoms with Gasteiger partial charge in [-0.3, -0.25) is 4.98 Å². The van der Waals surface area contributed by atoms with Crippen LogP contribution in [-0.4, -0.2) is 36.1 Å². The van der Waals surface area contributed by atoms with Crippen molar-refractivity contribution in [2.24, 2.45) is 0 Å². The number of hydrogen-bond acceptors (Lipinski definition) is 5. The van der Waals surface area contributed by atoms with Crippen molar-refractivity contribution in [1.82, 2.24) is 4.98 Å². The molecule has 1 heterocycles. The minimum atomic E-state index is -2.99. The van der Waals surface area contributed by atoms with E-state index in [0.717, 1.165) is 19.3 Å². The van der Waals surface area contributed by atoms with E-state index in [1.165, 1.54) is 6.26 Å². The zero-order chi connectivity index (χ0) is 13.9. The number of aliphatic hydroxyl groups is 1. The highest BCUT2D eigenvalue weighted by atomic mass is 32.2. The first-order valence-electron chi connectivity index (χ1n) is 6.40. The van der Waals surface area contributed by atoms with Crippen LogP contribution in [0.5, 0.6) is 5.75 Å². The van der Waals surface area contributed by atoms with Crippen molar-refractivity contribution < 1.29 is 18.3 Å². The normalized spacial score (nSPS) is 24.1. The topological polar surface area (TPSA) is 76.5 Å². The summed E-state index contributed by atoms with van der Waals surface area (Å²) in [6.45, 7) is -0.0974. The summed E-state index contributed by atoms with van der Waals surface area (Å²) >= 11 is 0. The lowest BCUT2D eigenvalue weighted by atomic mass is 9.97. The van der Waals surface area contributed by atoms with Crippen molar-refractivity contribution in [3.8, 4) is 5.75 Å². The number of nitrogens with zero attached hydrogens (tertiary/aromatic N) is 1. The van der Waals surface area contributed by atoms with Crippen LogP contribution < -0.4 is 4.74 Å². The fourth-order valence-corrected chi connectivity index (χ4v) is 3.52. The van der Waals surface area contributed by atoms with Crippen molar-refractivity contribution in [2.75, 3.05) is 6.26 Å². The maximum Gasteiger partial charge on any atom is 0.150 e. The summed E-state index contributed by atoms with van der Waals surface area (Å²) in [4.78, 5) is 4.04. The minimum absolute atomic E-state index is 0.0738. The van der Waals surface area contributed by atoms with Crippen LogP contribution in [0.4, 0.5) is 0 Å². The zero-order valence-electron chi connectivity index (χ0n) is 10.9. The molecule has 0 aromatic carbocycles. The van der Waals surface area contributed by atoms with Crippen LogP contribution in [0.25, 0.3) is 0 Å². The third kappa shape index (κ3) is 3.91. The van der Waals surface area contributed by atoms with Gasteiger partial charge in [-0.1, -0.05) is 0 Å². The summed E-state index contributed by atoms with van der Waals surface area (Å²) < 4.78 is 28.9. The van der Waals surface area contributed by atoms with Crippen molar-refractivity contribution in [2.45, 2.75) is 43.6 Å². The fourth-order valence-electron chi connectivity index (χ4n) is 2.36. The molecule has 0 spiro atoms. The number of aromatic nitrogens is 1. The summed E-state index contributed by atoms with van der Waals surface area (Å²) in [5.74, 6) is 0.622. The van der Waals surface area contributed by atoms with Gasteiger partial charge >= 0.3 is 0 Å². The highest BCUT2D eigenvalue weighted by molar-refractivity contribution is 7.91. The molecule has 106 valence electrons. The van der Waals surface area contributed by atoms with Crippen LogP contribution in [0.15, 0.2) is 18.3 Å². The van der Waals surface area contributed by atoms with Gasteiger partial charge in [-0.25, -0.2) is 8.42 Å². The average Bonchev–Trinajstić information content (AvgIpc) is 2.39. The largest absolute Gasteiger partial charge is 0.489 e. The number of hydrogen-bond donors (Lipinski definition) is 1. The van der Waals surface area contributed by atoms with E-state index < -0.39 is 9.84 Å². The van der Waals surface area contributed by atoms with Gasteiger partial charge in [-0.2, -0.15) is 0 Å². The van der Waals surface area contributed by atoms with Crippen LogP contribution in [0, 0.1) is 0 Å². The van der Waals surface area contributed by atoms with Crippen LogP contribution >= 0.6 is 0 Å². The summed E-state index contributed by atoms with van der Waals surface area (Å²) in [5, 5.41) is 8.61. The summed E-state index contributed by atoms with van der Waals surface area (Å²) in [5.41, 5.74) is 0.588. The lowest BCUT2D eigenvalue weighted by Gasteiger charge is -2.28.